The van der Waals surface area contributed by atoms with Crippen molar-refractivity contribution in [2.45, 2.75) is 130 Å². The Labute approximate surface area is 210 Å². The van der Waals surface area contributed by atoms with Gasteiger partial charge in [0.15, 0.2) is 0 Å². The van der Waals surface area contributed by atoms with Crippen LogP contribution >= 0.6 is 7.26 Å². The van der Waals surface area contributed by atoms with Gasteiger partial charge in [-0.15, -0.1) is 0 Å². The molecular weight excluding hydrogens is 415 g/mol. The SMILES string of the molecule is CCC=CCCCC[PH](CCCCC=CCC)(CCCCC=CCC)CCCCC=CCC. The predicted molar refractivity (Wildman–Crippen MR) is 161 cm³/mol. The molecule has 0 fully saturated rings. The minimum absolute atomic E-state index is 1.17. The molecule has 33 heavy (non-hydrogen) atoms. The van der Waals surface area contributed by atoms with E-state index in [4.69, 9.17) is 0 Å². The molecule has 0 atom stereocenters. The van der Waals surface area contributed by atoms with Gasteiger partial charge in [-0.1, -0.05) is 0 Å². The summed E-state index contributed by atoms with van der Waals surface area (Å²) in [7, 11) is -1.17. The van der Waals surface area contributed by atoms with Gasteiger partial charge in [0, 0.05) is 0 Å². The van der Waals surface area contributed by atoms with E-state index in [-0.39, 0.29) is 0 Å². The zero-order chi connectivity index (χ0) is 24.3. The summed E-state index contributed by atoms with van der Waals surface area (Å²) in [6, 6.07) is 0. The van der Waals surface area contributed by atoms with Crippen LogP contribution in [0.15, 0.2) is 48.6 Å². The van der Waals surface area contributed by atoms with E-state index in [1.165, 1.54) is 103 Å². The molecule has 0 bridgehead atoms. The Hall–Kier alpha value is -0.610. The van der Waals surface area contributed by atoms with Crippen molar-refractivity contribution >= 4 is 7.26 Å². The normalized spacial score (nSPS) is 13.5. The summed E-state index contributed by atoms with van der Waals surface area (Å²) in [6.45, 7) is 8.98. The molecule has 0 N–H and O–H groups in total. The number of rotatable bonds is 24. The zero-order valence-electron chi connectivity index (χ0n) is 23.3. The molecule has 0 saturated carbocycles. The molecule has 0 spiro atoms. The fourth-order valence-corrected chi connectivity index (χ4v) is 10.4. The van der Waals surface area contributed by atoms with Gasteiger partial charge in [0.05, 0.1) is 0 Å². The van der Waals surface area contributed by atoms with Crippen molar-refractivity contribution < 1.29 is 0 Å². The van der Waals surface area contributed by atoms with Gasteiger partial charge in [-0.05, 0) is 0 Å². The second-order valence-electron chi connectivity index (χ2n) is 10.0. The van der Waals surface area contributed by atoms with Gasteiger partial charge in [-0.25, -0.2) is 0 Å². The molecule has 0 nitrogen and oxygen atoms in total. The first-order chi connectivity index (χ1) is 16.2. The number of hydrogen-bond acceptors (Lipinski definition) is 0. The Morgan fingerprint density at radius 2 is 0.576 bits per heavy atom. The van der Waals surface area contributed by atoms with Gasteiger partial charge in [0.2, 0.25) is 0 Å². The van der Waals surface area contributed by atoms with Crippen LogP contribution < -0.4 is 0 Å². The zero-order valence-corrected chi connectivity index (χ0v) is 24.3. The van der Waals surface area contributed by atoms with Gasteiger partial charge in [-0.2, -0.15) is 0 Å². The first kappa shape index (κ1) is 32.4. The summed E-state index contributed by atoms with van der Waals surface area (Å²) in [5, 5.41) is 0. The molecule has 0 radical (unpaired) electrons. The Balaban J connectivity index is 4.94. The number of hydrogen-bond donors (Lipinski definition) is 0. The van der Waals surface area contributed by atoms with Gasteiger partial charge in [-0.3, -0.25) is 0 Å². The minimum atomic E-state index is -1.17. The Morgan fingerprint density at radius 1 is 0.333 bits per heavy atom. The van der Waals surface area contributed by atoms with E-state index < -0.39 is 7.26 Å². The first-order valence-corrected chi connectivity index (χ1v) is 17.7. The van der Waals surface area contributed by atoms with Crippen LogP contribution in [0.25, 0.3) is 0 Å². The summed E-state index contributed by atoms with van der Waals surface area (Å²) in [5.41, 5.74) is 0. The average Bonchev–Trinajstić information content (AvgIpc) is 2.83. The predicted octanol–water partition coefficient (Wildman–Crippen LogP) is 11.3. The van der Waals surface area contributed by atoms with Crippen LogP contribution in [0.5, 0.6) is 0 Å². The van der Waals surface area contributed by atoms with Gasteiger partial charge < -0.3 is 0 Å². The average molecular weight is 477 g/mol. The number of allylic oxidation sites excluding steroid dienone is 8. The summed E-state index contributed by atoms with van der Waals surface area (Å²) >= 11 is 0. The van der Waals surface area contributed by atoms with Crippen molar-refractivity contribution in [2.75, 3.05) is 24.6 Å². The third kappa shape index (κ3) is 21.6. The van der Waals surface area contributed by atoms with Crippen LogP contribution in [0.2, 0.25) is 0 Å². The van der Waals surface area contributed by atoms with Crippen LogP contribution in [0, 0.1) is 0 Å². The summed E-state index contributed by atoms with van der Waals surface area (Å²) in [4.78, 5) is 0. The molecule has 0 aliphatic heterocycles. The van der Waals surface area contributed by atoms with Crippen molar-refractivity contribution in [2.24, 2.45) is 0 Å². The van der Waals surface area contributed by atoms with Crippen molar-refractivity contribution in [1.82, 2.24) is 0 Å². The van der Waals surface area contributed by atoms with Gasteiger partial charge in [0.25, 0.3) is 0 Å². The molecule has 0 aliphatic carbocycles. The standard InChI is InChI=1S/C32H61P/c1-5-9-13-17-21-25-29-33(30-26-22-18-14-10-6-2,31-27-23-19-15-11-7-3)32-28-24-20-16-12-8-4/h9-16,33H,5-8,17-32H2,1-4H3. The first-order valence-electron chi connectivity index (χ1n) is 14.8. The Morgan fingerprint density at radius 3 is 0.788 bits per heavy atom. The van der Waals surface area contributed by atoms with Crippen molar-refractivity contribution in [3.63, 3.8) is 0 Å². The third-order valence-electron chi connectivity index (χ3n) is 6.92. The fourth-order valence-electron chi connectivity index (χ4n) is 4.94. The third-order valence-corrected chi connectivity index (χ3v) is 12.6. The van der Waals surface area contributed by atoms with Crippen LogP contribution in [0.4, 0.5) is 0 Å². The van der Waals surface area contributed by atoms with E-state index in [0.717, 1.165) is 0 Å². The second kappa shape index (κ2) is 26.0. The van der Waals surface area contributed by atoms with Gasteiger partial charge >= 0.3 is 211 Å². The van der Waals surface area contributed by atoms with Crippen LogP contribution in [0.3, 0.4) is 0 Å². The monoisotopic (exact) mass is 476 g/mol. The van der Waals surface area contributed by atoms with Crippen molar-refractivity contribution in [3.8, 4) is 0 Å². The van der Waals surface area contributed by atoms with E-state index in [9.17, 15) is 0 Å². The molecule has 0 amide bonds. The number of unbranched alkanes of at least 4 members (excludes halogenated alkanes) is 8. The van der Waals surface area contributed by atoms with Crippen molar-refractivity contribution in [1.29, 1.82) is 0 Å². The summed E-state index contributed by atoms with van der Waals surface area (Å²) in [6.07, 6.45) is 46.9. The molecule has 1 heteroatoms. The van der Waals surface area contributed by atoms with Crippen molar-refractivity contribution in [3.05, 3.63) is 48.6 Å². The maximum absolute atomic E-state index is 2.42. The van der Waals surface area contributed by atoms with E-state index in [1.54, 1.807) is 24.6 Å². The molecule has 0 aromatic heterocycles. The molecule has 0 aromatic rings. The van der Waals surface area contributed by atoms with Gasteiger partial charge in [0.1, 0.15) is 0 Å². The molecule has 0 unspecified atom stereocenters. The molecule has 0 aromatic carbocycles. The molecule has 0 saturated heterocycles. The Bertz CT molecular complexity index is 403. The van der Waals surface area contributed by atoms with Crippen LogP contribution in [-0.4, -0.2) is 24.6 Å². The quantitative estimate of drug-likeness (QED) is 0.0738. The molecular formula is C32H61P. The summed E-state index contributed by atoms with van der Waals surface area (Å²) in [5.74, 6) is 0. The van der Waals surface area contributed by atoms with E-state index >= 15 is 0 Å². The van der Waals surface area contributed by atoms with E-state index in [1.807, 2.05) is 0 Å². The maximum atomic E-state index is 2.42. The van der Waals surface area contributed by atoms with E-state index in [0.29, 0.717) is 0 Å². The molecule has 0 rings (SSSR count). The topological polar surface area (TPSA) is 0 Å². The fraction of sp³-hybridized carbons (Fsp3) is 0.750. The summed E-state index contributed by atoms with van der Waals surface area (Å²) < 4.78 is 0. The second-order valence-corrected chi connectivity index (χ2v) is 15.0. The Kier molecular flexibility index (Phi) is 25.5. The van der Waals surface area contributed by atoms with Crippen LogP contribution in [0.1, 0.15) is 130 Å². The molecule has 0 heterocycles. The molecule has 194 valence electrons. The molecule has 0 aliphatic rings. The van der Waals surface area contributed by atoms with Crippen LogP contribution in [-0.2, 0) is 0 Å². The van der Waals surface area contributed by atoms with E-state index in [2.05, 4.69) is 76.3 Å².